The summed E-state index contributed by atoms with van der Waals surface area (Å²) in [4.78, 5) is 26.1. The van der Waals surface area contributed by atoms with E-state index in [-0.39, 0.29) is 24.4 Å². The van der Waals surface area contributed by atoms with Gasteiger partial charge < -0.3 is 15.0 Å². The van der Waals surface area contributed by atoms with Gasteiger partial charge in [-0.25, -0.2) is 0 Å². The summed E-state index contributed by atoms with van der Waals surface area (Å²) >= 11 is 0. The molecular weight excluding hydrogens is 268 g/mol. The van der Waals surface area contributed by atoms with Gasteiger partial charge in [0.15, 0.2) is 0 Å². The molecule has 1 saturated heterocycles. The molecule has 21 heavy (non-hydrogen) atoms. The summed E-state index contributed by atoms with van der Waals surface area (Å²) in [5.74, 6) is 1.03. The van der Waals surface area contributed by atoms with E-state index in [0.717, 1.165) is 29.7 Å². The molecule has 1 aromatic rings. The molecule has 0 aromatic heterocycles. The lowest BCUT2D eigenvalue weighted by molar-refractivity contribution is -0.147. The molecule has 2 amide bonds. The topological polar surface area (TPSA) is 58.6 Å². The van der Waals surface area contributed by atoms with E-state index in [1.165, 1.54) is 0 Å². The van der Waals surface area contributed by atoms with Crippen molar-refractivity contribution in [3.05, 3.63) is 29.3 Å². The maximum absolute atomic E-state index is 12.2. The normalized spacial score (nSPS) is 22.2. The number of ether oxygens (including phenoxy) is 1. The number of nitrogens with one attached hydrogen (secondary N) is 1. The molecule has 2 fully saturated rings. The number of piperazine rings is 1. The van der Waals surface area contributed by atoms with Crippen LogP contribution in [0.25, 0.3) is 0 Å². The van der Waals surface area contributed by atoms with Crippen LogP contribution in [-0.2, 0) is 16.1 Å². The van der Waals surface area contributed by atoms with E-state index in [1.54, 1.807) is 12.0 Å². The number of nitrogens with zero attached hydrogens (tertiary/aromatic N) is 1. The highest BCUT2D eigenvalue weighted by Gasteiger charge is 2.44. The first-order valence-electron chi connectivity index (χ1n) is 7.31. The van der Waals surface area contributed by atoms with Crippen molar-refractivity contribution in [1.29, 1.82) is 0 Å². The van der Waals surface area contributed by atoms with Crippen LogP contribution >= 0.6 is 0 Å². The number of carbonyl (C=O) groups excluding carboxylic acids is 2. The third kappa shape index (κ3) is 2.73. The second-order valence-electron chi connectivity index (χ2n) is 5.84. The average molecular weight is 288 g/mol. The number of carbonyl (C=O) groups is 2. The molecule has 1 aliphatic carbocycles. The smallest absolute Gasteiger partial charge is 0.243 e. The first kappa shape index (κ1) is 13.9. The number of hydrogen-bond acceptors (Lipinski definition) is 3. The molecule has 3 rings (SSSR count). The van der Waals surface area contributed by atoms with Crippen molar-refractivity contribution in [2.45, 2.75) is 32.4 Å². The summed E-state index contributed by atoms with van der Waals surface area (Å²) < 4.78 is 5.38. The summed E-state index contributed by atoms with van der Waals surface area (Å²) in [6, 6.07) is 5.58. The Kier molecular flexibility index (Phi) is 3.57. The molecule has 1 unspecified atom stereocenters. The fraction of sp³-hybridized carbons (Fsp3) is 0.500. The van der Waals surface area contributed by atoms with Crippen molar-refractivity contribution in [1.82, 2.24) is 10.2 Å². The van der Waals surface area contributed by atoms with Gasteiger partial charge in [-0.05, 0) is 31.7 Å². The number of hydrogen-bond donors (Lipinski definition) is 1. The minimum atomic E-state index is -0.323. The summed E-state index contributed by atoms with van der Waals surface area (Å²) in [5.41, 5.74) is 2.06. The molecule has 1 atom stereocenters. The van der Waals surface area contributed by atoms with Gasteiger partial charge in [0.2, 0.25) is 11.8 Å². The van der Waals surface area contributed by atoms with Crippen molar-refractivity contribution < 1.29 is 14.3 Å². The van der Waals surface area contributed by atoms with Gasteiger partial charge >= 0.3 is 0 Å². The molecule has 1 N–H and O–H groups in total. The molecule has 5 nitrogen and oxygen atoms in total. The maximum Gasteiger partial charge on any atom is 0.243 e. The zero-order valence-corrected chi connectivity index (χ0v) is 12.4. The lowest BCUT2D eigenvalue weighted by Gasteiger charge is -2.35. The molecule has 0 radical (unpaired) electrons. The number of benzene rings is 1. The third-order valence-electron chi connectivity index (χ3n) is 4.18. The largest absolute Gasteiger partial charge is 0.496 e. The molecule has 1 aromatic carbocycles. The Labute approximate surface area is 124 Å². The minimum Gasteiger partial charge on any atom is -0.496 e. The van der Waals surface area contributed by atoms with E-state index in [0.29, 0.717) is 12.5 Å². The van der Waals surface area contributed by atoms with E-state index in [4.69, 9.17) is 4.74 Å². The van der Waals surface area contributed by atoms with Crippen molar-refractivity contribution in [2.24, 2.45) is 5.92 Å². The molecule has 1 heterocycles. The van der Waals surface area contributed by atoms with Crippen LogP contribution in [0.5, 0.6) is 5.75 Å². The van der Waals surface area contributed by atoms with Gasteiger partial charge in [0.1, 0.15) is 11.8 Å². The highest BCUT2D eigenvalue weighted by molar-refractivity contribution is 5.95. The van der Waals surface area contributed by atoms with Gasteiger partial charge in [-0.3, -0.25) is 9.59 Å². The van der Waals surface area contributed by atoms with Crippen LogP contribution in [0.3, 0.4) is 0 Å². The molecule has 1 aliphatic heterocycles. The molecule has 5 heteroatoms. The summed E-state index contributed by atoms with van der Waals surface area (Å²) in [5, 5.41) is 2.70. The SMILES string of the molecule is COc1ccc(C)cc1CN1C(=O)CNC(=O)C1C1CC1. The maximum atomic E-state index is 12.2. The first-order chi connectivity index (χ1) is 10.1. The van der Waals surface area contributed by atoms with Crippen LogP contribution in [0.4, 0.5) is 0 Å². The van der Waals surface area contributed by atoms with Crippen molar-refractivity contribution >= 4 is 11.8 Å². The Morgan fingerprint density at radius 1 is 1.33 bits per heavy atom. The Morgan fingerprint density at radius 3 is 2.76 bits per heavy atom. The van der Waals surface area contributed by atoms with Gasteiger partial charge in [-0.2, -0.15) is 0 Å². The van der Waals surface area contributed by atoms with Gasteiger partial charge in [0.05, 0.1) is 20.2 Å². The quantitative estimate of drug-likeness (QED) is 0.907. The van der Waals surface area contributed by atoms with E-state index < -0.39 is 0 Å². The van der Waals surface area contributed by atoms with Crippen LogP contribution in [0.1, 0.15) is 24.0 Å². The van der Waals surface area contributed by atoms with E-state index >= 15 is 0 Å². The van der Waals surface area contributed by atoms with Gasteiger partial charge in [0, 0.05) is 5.56 Å². The number of rotatable bonds is 4. The first-order valence-corrected chi connectivity index (χ1v) is 7.31. The zero-order valence-electron chi connectivity index (χ0n) is 12.4. The fourth-order valence-electron chi connectivity index (χ4n) is 2.95. The van der Waals surface area contributed by atoms with Gasteiger partial charge in [-0.1, -0.05) is 17.7 Å². The van der Waals surface area contributed by atoms with E-state index in [1.807, 2.05) is 25.1 Å². The lowest BCUT2D eigenvalue weighted by Crippen LogP contribution is -2.58. The van der Waals surface area contributed by atoms with Crippen LogP contribution in [-0.4, -0.2) is 36.4 Å². The van der Waals surface area contributed by atoms with Crippen LogP contribution in [0.15, 0.2) is 18.2 Å². The molecule has 2 aliphatic rings. The zero-order chi connectivity index (χ0) is 15.0. The molecule has 112 valence electrons. The van der Waals surface area contributed by atoms with Crippen molar-refractivity contribution in [3.63, 3.8) is 0 Å². The molecule has 0 spiro atoms. The monoisotopic (exact) mass is 288 g/mol. The third-order valence-corrected chi connectivity index (χ3v) is 4.18. The standard InChI is InChI=1S/C16H20N2O3/c1-10-3-6-13(21-2)12(7-10)9-18-14(19)8-17-16(20)15(18)11-4-5-11/h3,6-7,11,15H,4-5,8-9H2,1-2H3,(H,17,20). The molecule has 1 saturated carbocycles. The molecular formula is C16H20N2O3. The van der Waals surface area contributed by atoms with Gasteiger partial charge in [-0.15, -0.1) is 0 Å². The summed E-state index contributed by atoms with van der Waals surface area (Å²) in [6.45, 7) is 2.53. The summed E-state index contributed by atoms with van der Waals surface area (Å²) in [7, 11) is 1.62. The Hall–Kier alpha value is -2.04. The number of amides is 2. The van der Waals surface area contributed by atoms with Crippen molar-refractivity contribution in [3.8, 4) is 5.75 Å². The highest BCUT2D eigenvalue weighted by Crippen LogP contribution is 2.37. The van der Waals surface area contributed by atoms with Crippen molar-refractivity contribution in [2.75, 3.05) is 13.7 Å². The van der Waals surface area contributed by atoms with E-state index in [2.05, 4.69) is 5.32 Å². The highest BCUT2D eigenvalue weighted by atomic mass is 16.5. The molecule has 0 bridgehead atoms. The van der Waals surface area contributed by atoms with Crippen LogP contribution in [0.2, 0.25) is 0 Å². The fourth-order valence-corrected chi connectivity index (χ4v) is 2.95. The Morgan fingerprint density at radius 2 is 2.10 bits per heavy atom. The second kappa shape index (κ2) is 5.39. The second-order valence-corrected chi connectivity index (χ2v) is 5.84. The van der Waals surface area contributed by atoms with Crippen LogP contribution in [0, 0.1) is 12.8 Å². The minimum absolute atomic E-state index is 0.0185. The predicted octanol–water partition coefficient (Wildman–Crippen LogP) is 1.24. The lowest BCUT2D eigenvalue weighted by atomic mass is 10.0. The Bertz CT molecular complexity index is 581. The van der Waals surface area contributed by atoms with Gasteiger partial charge in [0.25, 0.3) is 0 Å². The number of aryl methyl sites for hydroxylation is 1. The average Bonchev–Trinajstić information content (AvgIpc) is 3.28. The summed E-state index contributed by atoms with van der Waals surface area (Å²) in [6.07, 6.45) is 2.04. The number of methoxy groups -OCH3 is 1. The Balaban J connectivity index is 1.88. The van der Waals surface area contributed by atoms with Crippen LogP contribution < -0.4 is 10.1 Å². The van der Waals surface area contributed by atoms with E-state index in [9.17, 15) is 9.59 Å². The predicted molar refractivity (Wildman–Crippen MR) is 77.8 cm³/mol.